The second-order valence-electron chi connectivity index (χ2n) is 10.5. The van der Waals surface area contributed by atoms with E-state index >= 15 is 0 Å². The van der Waals surface area contributed by atoms with Gasteiger partial charge in [-0.25, -0.2) is 4.99 Å². The lowest BCUT2D eigenvalue weighted by atomic mass is 9.83. The van der Waals surface area contributed by atoms with Gasteiger partial charge in [0, 0.05) is 19.4 Å². The first-order valence-electron chi connectivity index (χ1n) is 15.4. The maximum atomic E-state index is 6.16. The Bertz CT molecular complexity index is 483. The number of methoxy groups -OCH3 is 1. The van der Waals surface area contributed by atoms with Gasteiger partial charge in [0.2, 0.25) is 0 Å². The lowest BCUT2D eigenvalue weighted by Gasteiger charge is -2.34. The van der Waals surface area contributed by atoms with Gasteiger partial charge in [-0.3, -0.25) is 0 Å². The Labute approximate surface area is 227 Å². The lowest BCUT2D eigenvalue weighted by Crippen LogP contribution is -2.39. The zero-order valence-electron chi connectivity index (χ0n) is 26.0. The van der Waals surface area contributed by atoms with Crippen LogP contribution in [0.15, 0.2) is 4.99 Å². The smallest absolute Gasteiger partial charge is 0.187 e. The van der Waals surface area contributed by atoms with Crippen LogP contribution in [0.3, 0.4) is 0 Å². The van der Waals surface area contributed by atoms with Gasteiger partial charge in [0.15, 0.2) is 5.90 Å². The highest BCUT2D eigenvalue weighted by molar-refractivity contribution is 5.80. The topological polar surface area (TPSA) is 54.7 Å². The van der Waals surface area contributed by atoms with E-state index in [-0.39, 0.29) is 0 Å². The molecule has 1 aliphatic heterocycles. The molecule has 0 aromatic rings. The van der Waals surface area contributed by atoms with Crippen LogP contribution in [0.1, 0.15) is 152 Å². The Balaban J connectivity index is 0. The van der Waals surface area contributed by atoms with Crippen LogP contribution < -0.4 is 0 Å². The number of fused-ring (bicyclic) bond motifs is 1. The summed E-state index contributed by atoms with van der Waals surface area (Å²) in [6.45, 7) is 19.7. The third-order valence-electron chi connectivity index (χ3n) is 7.17. The molecule has 3 aliphatic carbocycles. The normalized spacial score (nSPS) is 27.1. The molecule has 3 fully saturated rings. The number of unbranched alkanes of at least 4 members (excludes halogenated alkanes) is 1. The number of nitrogens with zero attached hydrogens (tertiary/aromatic N) is 1. The van der Waals surface area contributed by atoms with Crippen LogP contribution in [0.5, 0.6) is 0 Å². The van der Waals surface area contributed by atoms with Gasteiger partial charge in [-0.1, -0.05) is 113 Å². The van der Waals surface area contributed by atoms with Crippen LogP contribution in [0, 0.1) is 23.2 Å². The summed E-state index contributed by atoms with van der Waals surface area (Å²) in [5.74, 6) is 4.01. The van der Waals surface area contributed by atoms with Gasteiger partial charge in [-0.05, 0) is 50.7 Å². The quantitative estimate of drug-likeness (QED) is 0.385. The number of hydrogen-bond donors (Lipinski definition) is 1. The van der Waals surface area contributed by atoms with Crippen molar-refractivity contribution in [2.45, 2.75) is 170 Å². The fraction of sp³-hybridized carbons (Fsp3) is 0.906. The summed E-state index contributed by atoms with van der Waals surface area (Å²) in [6, 6.07) is 0.406. The van der Waals surface area contributed by atoms with Crippen LogP contribution in [0.2, 0.25) is 0 Å². The molecule has 4 atom stereocenters. The number of rotatable bonds is 3. The standard InChI is InChI=1S/C15H25NO2.C7H13.C4H10.C3H8.C2H6.CH3N/c1-10-8-12-14(9-13(10)17-2)18-15(16-12)11-6-4-3-5-7-11;1-7-5-3-2-4-6-7;1-3-4-2;1-3-2;2*1-2/h10-14H,3-9H2,1-2H3;2-6H2,1H3;3-4H2,1-2H3;3H2,1-2H3;1-2H3;2H,1H2. The second kappa shape index (κ2) is 25.7. The summed E-state index contributed by atoms with van der Waals surface area (Å²) in [7, 11) is 1.82. The number of ether oxygens (including phenoxy) is 2. The van der Waals surface area contributed by atoms with Gasteiger partial charge in [0.1, 0.15) is 6.10 Å². The van der Waals surface area contributed by atoms with Gasteiger partial charge in [0.25, 0.3) is 0 Å². The molecule has 1 heterocycles. The van der Waals surface area contributed by atoms with E-state index in [1.54, 1.807) is 5.92 Å². The SMILES string of the molecule is C=N.CC.CCC.CCCC.COC1CC2OC(C3CCCCC3)=NC2CC1C.C[C]1CCCCC1. The minimum Gasteiger partial charge on any atom is -0.475 e. The fourth-order valence-corrected chi connectivity index (χ4v) is 4.95. The Morgan fingerprint density at radius 2 is 1.39 bits per heavy atom. The Kier molecular flexibility index (Phi) is 26.6. The molecular formula is C32H65N2O2. The minimum atomic E-state index is 0.295. The molecule has 1 N–H and O–H groups in total. The van der Waals surface area contributed by atoms with E-state index in [1.807, 2.05) is 21.0 Å². The van der Waals surface area contributed by atoms with Crippen molar-refractivity contribution >= 4 is 12.6 Å². The van der Waals surface area contributed by atoms with E-state index in [9.17, 15) is 0 Å². The average Bonchev–Trinajstić information content (AvgIpc) is 3.35. The summed E-state index contributed by atoms with van der Waals surface area (Å²) in [5, 5.41) is 5.50. The molecule has 36 heavy (non-hydrogen) atoms. The Morgan fingerprint density at radius 1 is 0.889 bits per heavy atom. The zero-order chi connectivity index (χ0) is 27.8. The highest BCUT2D eigenvalue weighted by Gasteiger charge is 2.42. The Hall–Kier alpha value is -0.900. The molecule has 3 saturated carbocycles. The van der Waals surface area contributed by atoms with Crippen molar-refractivity contribution in [1.29, 1.82) is 5.41 Å². The van der Waals surface area contributed by atoms with Crippen molar-refractivity contribution in [3.05, 3.63) is 5.92 Å². The van der Waals surface area contributed by atoms with E-state index in [0.717, 1.165) is 18.7 Å². The van der Waals surface area contributed by atoms with E-state index in [1.165, 1.54) is 83.5 Å². The third-order valence-corrected chi connectivity index (χ3v) is 7.17. The molecule has 4 heteroatoms. The van der Waals surface area contributed by atoms with Gasteiger partial charge in [-0.15, -0.1) is 0 Å². The van der Waals surface area contributed by atoms with E-state index in [0.29, 0.717) is 30.1 Å². The van der Waals surface area contributed by atoms with E-state index in [2.05, 4.69) is 48.3 Å². The molecule has 215 valence electrons. The largest absolute Gasteiger partial charge is 0.475 e. The molecule has 4 unspecified atom stereocenters. The molecular weight excluding hydrogens is 444 g/mol. The van der Waals surface area contributed by atoms with E-state index in [4.69, 9.17) is 19.9 Å². The minimum absolute atomic E-state index is 0.295. The molecule has 0 aromatic heterocycles. The predicted octanol–water partition coefficient (Wildman–Crippen LogP) is 10.2. The monoisotopic (exact) mass is 510 g/mol. The van der Waals surface area contributed by atoms with E-state index < -0.39 is 0 Å². The first-order chi connectivity index (χ1) is 17.5. The summed E-state index contributed by atoms with van der Waals surface area (Å²) in [4.78, 5) is 4.89. The predicted molar refractivity (Wildman–Crippen MR) is 162 cm³/mol. The summed E-state index contributed by atoms with van der Waals surface area (Å²) in [6.07, 6.45) is 20.5. The number of hydrogen-bond acceptors (Lipinski definition) is 4. The fourth-order valence-electron chi connectivity index (χ4n) is 4.95. The first kappa shape index (κ1) is 37.3. The molecule has 4 aliphatic rings. The number of nitrogens with one attached hydrogen (secondary N) is 1. The van der Waals surface area contributed by atoms with Crippen molar-refractivity contribution in [2.75, 3.05) is 7.11 Å². The maximum absolute atomic E-state index is 6.16. The van der Waals surface area contributed by atoms with Crippen LogP contribution in [0.25, 0.3) is 0 Å². The molecule has 0 amide bonds. The van der Waals surface area contributed by atoms with Crippen molar-refractivity contribution in [3.8, 4) is 0 Å². The van der Waals surface area contributed by atoms with Crippen LogP contribution in [0.4, 0.5) is 0 Å². The van der Waals surface area contributed by atoms with Gasteiger partial charge >= 0.3 is 0 Å². The molecule has 0 saturated heterocycles. The molecule has 1 radical (unpaired) electrons. The van der Waals surface area contributed by atoms with Gasteiger partial charge < -0.3 is 14.9 Å². The molecule has 4 rings (SSSR count). The summed E-state index contributed by atoms with van der Waals surface area (Å²) < 4.78 is 11.7. The van der Waals surface area contributed by atoms with Crippen LogP contribution >= 0.6 is 0 Å². The Morgan fingerprint density at radius 3 is 1.81 bits per heavy atom. The zero-order valence-corrected chi connectivity index (χ0v) is 26.0. The first-order valence-corrected chi connectivity index (χ1v) is 15.4. The molecule has 0 aromatic carbocycles. The van der Waals surface area contributed by atoms with Crippen molar-refractivity contribution < 1.29 is 9.47 Å². The summed E-state index contributed by atoms with van der Waals surface area (Å²) in [5.41, 5.74) is 0. The lowest BCUT2D eigenvalue weighted by molar-refractivity contribution is -0.0165. The third kappa shape index (κ3) is 16.0. The van der Waals surface area contributed by atoms with Gasteiger partial charge in [-0.2, -0.15) is 0 Å². The highest BCUT2D eigenvalue weighted by atomic mass is 16.5. The van der Waals surface area contributed by atoms with Crippen molar-refractivity contribution in [1.82, 2.24) is 0 Å². The molecule has 0 spiro atoms. The van der Waals surface area contributed by atoms with Crippen molar-refractivity contribution in [3.63, 3.8) is 0 Å². The molecule has 0 bridgehead atoms. The molecule has 4 nitrogen and oxygen atoms in total. The second-order valence-corrected chi connectivity index (χ2v) is 10.5. The maximum Gasteiger partial charge on any atom is 0.187 e. The van der Waals surface area contributed by atoms with Gasteiger partial charge in [0.05, 0.1) is 12.1 Å². The number of aliphatic imine (C=N–C) groups is 1. The summed E-state index contributed by atoms with van der Waals surface area (Å²) >= 11 is 0. The van der Waals surface area contributed by atoms with Crippen molar-refractivity contribution in [2.24, 2.45) is 16.8 Å². The highest BCUT2D eigenvalue weighted by Crippen LogP contribution is 2.37. The van der Waals surface area contributed by atoms with Crippen LogP contribution in [-0.2, 0) is 9.47 Å². The van der Waals surface area contributed by atoms with Crippen LogP contribution in [-0.4, -0.2) is 38.0 Å². The average molecular weight is 510 g/mol.